The molecule has 10 heteroatoms. The minimum Gasteiger partial charge on any atom is -0.379 e. The van der Waals surface area contributed by atoms with Crippen LogP contribution < -0.4 is 5.32 Å². The van der Waals surface area contributed by atoms with Crippen LogP contribution >= 0.6 is 34.5 Å². The van der Waals surface area contributed by atoms with Crippen LogP contribution in [0.25, 0.3) is 10.1 Å². The van der Waals surface area contributed by atoms with E-state index in [2.05, 4.69) is 5.32 Å². The molecule has 1 fully saturated rings. The van der Waals surface area contributed by atoms with Crippen LogP contribution in [0.3, 0.4) is 0 Å². The molecule has 0 radical (unpaired) electrons. The maximum absolute atomic E-state index is 12.8. The number of thiophene rings is 1. The third-order valence-corrected chi connectivity index (χ3v) is 8.57. The monoisotopic (exact) mass is 470 g/mol. The Morgan fingerprint density at radius 1 is 1.10 bits per heavy atom. The van der Waals surface area contributed by atoms with Crippen LogP contribution in [0.2, 0.25) is 10.0 Å². The number of sulfonamides is 1. The zero-order valence-corrected chi connectivity index (χ0v) is 18.2. The highest BCUT2D eigenvalue weighted by Crippen LogP contribution is 2.36. The first-order chi connectivity index (χ1) is 13.9. The van der Waals surface area contributed by atoms with Crippen molar-refractivity contribution in [1.29, 1.82) is 0 Å². The molecule has 1 amide bonds. The number of fused-ring (bicyclic) bond motifs is 1. The smallest absolute Gasteiger partial charge is 0.267 e. The van der Waals surface area contributed by atoms with Crippen molar-refractivity contribution in [1.82, 2.24) is 4.31 Å². The van der Waals surface area contributed by atoms with Crippen LogP contribution in [0.1, 0.15) is 9.67 Å². The third-order valence-electron chi connectivity index (χ3n) is 4.52. The summed E-state index contributed by atoms with van der Waals surface area (Å²) >= 11 is 13.9. The second-order valence-corrected chi connectivity index (χ2v) is 10.1. The second kappa shape index (κ2) is 8.22. The Labute approximate surface area is 182 Å². The molecule has 0 saturated carbocycles. The number of halogens is 2. The fraction of sp³-hybridized carbons (Fsp3) is 0.211. The normalized spacial score (nSPS) is 15.5. The first-order valence-electron chi connectivity index (χ1n) is 8.74. The van der Waals surface area contributed by atoms with Gasteiger partial charge in [0.15, 0.2) is 0 Å². The molecule has 0 unspecified atom stereocenters. The predicted octanol–water partition coefficient (Wildman–Crippen LogP) is 4.48. The highest BCUT2D eigenvalue weighted by atomic mass is 35.5. The van der Waals surface area contributed by atoms with E-state index in [-0.39, 0.29) is 28.9 Å². The molecule has 3 aromatic rings. The lowest BCUT2D eigenvalue weighted by atomic mass is 10.2. The minimum absolute atomic E-state index is 0.000963. The number of nitrogens with one attached hydrogen (secondary N) is 1. The first-order valence-corrected chi connectivity index (χ1v) is 11.7. The number of anilines is 1. The molecular weight excluding hydrogens is 455 g/mol. The fourth-order valence-electron chi connectivity index (χ4n) is 3.06. The van der Waals surface area contributed by atoms with Gasteiger partial charge in [-0.3, -0.25) is 4.79 Å². The lowest BCUT2D eigenvalue weighted by molar-refractivity contribution is 0.0730. The average Bonchev–Trinajstić information content (AvgIpc) is 3.05. The van der Waals surface area contributed by atoms with Gasteiger partial charge in [0.25, 0.3) is 5.91 Å². The Hall–Kier alpha value is -1.68. The van der Waals surface area contributed by atoms with Gasteiger partial charge in [0.1, 0.15) is 9.77 Å². The molecule has 4 rings (SSSR count). The molecule has 1 aromatic heterocycles. The highest BCUT2D eigenvalue weighted by molar-refractivity contribution is 7.89. The number of rotatable bonds is 4. The molecule has 0 bridgehead atoms. The van der Waals surface area contributed by atoms with Gasteiger partial charge in [-0.15, -0.1) is 11.3 Å². The molecule has 152 valence electrons. The number of benzene rings is 2. The molecular formula is C19H16Cl2N2O4S2. The van der Waals surface area contributed by atoms with Gasteiger partial charge in [0, 0.05) is 28.9 Å². The summed E-state index contributed by atoms with van der Waals surface area (Å²) < 4.78 is 33.0. The number of ether oxygens (including phenoxy) is 1. The van der Waals surface area contributed by atoms with Gasteiger partial charge in [-0.25, -0.2) is 8.42 Å². The van der Waals surface area contributed by atoms with E-state index >= 15 is 0 Å². The number of morpholine rings is 1. The van der Waals surface area contributed by atoms with Crippen LogP contribution in [0.5, 0.6) is 0 Å². The summed E-state index contributed by atoms with van der Waals surface area (Å²) in [4.78, 5) is 13.1. The topological polar surface area (TPSA) is 75.7 Å². The maximum Gasteiger partial charge on any atom is 0.267 e. The zero-order chi connectivity index (χ0) is 20.6. The Bertz CT molecular complexity index is 1190. The summed E-state index contributed by atoms with van der Waals surface area (Å²) in [5.41, 5.74) is 0.384. The predicted molar refractivity (Wildman–Crippen MR) is 116 cm³/mol. The Balaban J connectivity index is 1.57. The van der Waals surface area contributed by atoms with Crippen molar-refractivity contribution in [3.63, 3.8) is 0 Å². The van der Waals surface area contributed by atoms with Gasteiger partial charge < -0.3 is 10.1 Å². The van der Waals surface area contributed by atoms with Gasteiger partial charge in [-0.1, -0.05) is 41.4 Å². The van der Waals surface area contributed by atoms with Gasteiger partial charge in [-0.2, -0.15) is 4.31 Å². The summed E-state index contributed by atoms with van der Waals surface area (Å²) in [6.07, 6.45) is 0. The van der Waals surface area contributed by atoms with Crippen LogP contribution in [0, 0.1) is 0 Å². The lowest BCUT2D eigenvalue weighted by Gasteiger charge is -2.26. The summed E-state index contributed by atoms with van der Waals surface area (Å²) in [6, 6.07) is 11.8. The third kappa shape index (κ3) is 4.01. The van der Waals surface area contributed by atoms with E-state index in [9.17, 15) is 13.2 Å². The Morgan fingerprint density at radius 3 is 2.52 bits per heavy atom. The molecule has 1 saturated heterocycles. The minimum atomic E-state index is -3.72. The van der Waals surface area contributed by atoms with Gasteiger partial charge >= 0.3 is 0 Å². The number of nitrogens with zero attached hydrogens (tertiary/aromatic N) is 1. The number of amides is 1. The molecule has 2 aromatic carbocycles. The van der Waals surface area contributed by atoms with E-state index in [1.807, 2.05) is 24.3 Å². The fourth-order valence-corrected chi connectivity index (χ4v) is 6.40. The molecule has 29 heavy (non-hydrogen) atoms. The van der Waals surface area contributed by atoms with Gasteiger partial charge in [0.2, 0.25) is 10.0 Å². The van der Waals surface area contributed by atoms with Gasteiger partial charge in [-0.05, 0) is 24.3 Å². The van der Waals surface area contributed by atoms with E-state index in [1.165, 1.54) is 33.8 Å². The van der Waals surface area contributed by atoms with Crippen molar-refractivity contribution >= 4 is 66.2 Å². The number of carbonyl (C=O) groups is 1. The Morgan fingerprint density at radius 2 is 1.83 bits per heavy atom. The largest absolute Gasteiger partial charge is 0.379 e. The van der Waals surface area contributed by atoms with E-state index in [0.717, 1.165) is 10.1 Å². The number of hydrogen-bond acceptors (Lipinski definition) is 5. The van der Waals surface area contributed by atoms with Gasteiger partial charge in [0.05, 0.1) is 23.3 Å². The average molecular weight is 471 g/mol. The molecule has 0 atom stereocenters. The van der Waals surface area contributed by atoms with Crippen LogP contribution in [-0.2, 0) is 14.8 Å². The number of carbonyl (C=O) groups excluding carboxylic acids is 1. The molecule has 2 heterocycles. The molecule has 1 aliphatic rings. The molecule has 0 spiro atoms. The molecule has 1 aliphatic heterocycles. The van der Waals surface area contributed by atoms with E-state index < -0.39 is 10.0 Å². The summed E-state index contributed by atoms with van der Waals surface area (Å²) in [7, 11) is -3.72. The Kier molecular flexibility index (Phi) is 5.83. The van der Waals surface area contributed by atoms with Crippen LogP contribution in [0.15, 0.2) is 47.4 Å². The SMILES string of the molecule is O=C(Nc1ccc(S(=O)(=O)N2CCOCC2)c(Cl)c1)c1sc2ccccc2c1Cl. The molecule has 6 nitrogen and oxygen atoms in total. The summed E-state index contributed by atoms with van der Waals surface area (Å²) in [5.74, 6) is -0.379. The summed E-state index contributed by atoms with van der Waals surface area (Å²) in [6.45, 7) is 1.25. The van der Waals surface area contributed by atoms with Crippen molar-refractivity contribution in [2.45, 2.75) is 4.90 Å². The van der Waals surface area contributed by atoms with Crippen molar-refractivity contribution in [2.75, 3.05) is 31.6 Å². The van der Waals surface area contributed by atoms with Crippen molar-refractivity contribution in [3.05, 3.63) is 57.4 Å². The van der Waals surface area contributed by atoms with E-state index in [1.54, 1.807) is 0 Å². The van der Waals surface area contributed by atoms with Crippen molar-refractivity contribution < 1.29 is 17.9 Å². The lowest BCUT2D eigenvalue weighted by Crippen LogP contribution is -2.40. The van der Waals surface area contributed by atoms with E-state index in [4.69, 9.17) is 27.9 Å². The first kappa shape index (κ1) is 20.6. The quantitative estimate of drug-likeness (QED) is 0.609. The molecule has 0 aliphatic carbocycles. The van der Waals surface area contributed by atoms with Crippen molar-refractivity contribution in [3.8, 4) is 0 Å². The molecule has 1 N–H and O–H groups in total. The van der Waals surface area contributed by atoms with Crippen molar-refractivity contribution in [2.24, 2.45) is 0 Å². The van der Waals surface area contributed by atoms with E-state index in [0.29, 0.717) is 28.8 Å². The highest BCUT2D eigenvalue weighted by Gasteiger charge is 2.28. The summed E-state index contributed by atoms with van der Waals surface area (Å²) in [5, 5.41) is 3.98. The van der Waals surface area contributed by atoms with Crippen LogP contribution in [-0.4, -0.2) is 44.9 Å². The standard InChI is InChI=1S/C19H16Cl2N2O4S2/c20-14-11-12(5-6-16(14)29(25,26)23-7-9-27-10-8-23)22-19(24)18-17(21)13-3-1-2-4-15(13)28-18/h1-6,11H,7-10H2,(H,22,24). The second-order valence-electron chi connectivity index (χ2n) is 6.36. The maximum atomic E-state index is 12.8. The van der Waals surface area contributed by atoms with Crippen LogP contribution in [0.4, 0.5) is 5.69 Å². The number of hydrogen-bond donors (Lipinski definition) is 1. The zero-order valence-electron chi connectivity index (χ0n) is 15.0.